The molecule has 0 aromatic carbocycles. The summed E-state index contributed by atoms with van der Waals surface area (Å²) in [4.78, 5) is 4.51. The fourth-order valence-corrected chi connectivity index (χ4v) is 1.81. The van der Waals surface area contributed by atoms with Crippen molar-refractivity contribution >= 4 is 29.9 Å². The Balaban J connectivity index is 0.00000324. The minimum atomic E-state index is 0. The summed E-state index contributed by atoms with van der Waals surface area (Å²) in [5, 5.41) is 10.4. The van der Waals surface area contributed by atoms with Gasteiger partial charge in [0.05, 0.1) is 5.69 Å². The molecule has 5 nitrogen and oxygen atoms in total. The lowest BCUT2D eigenvalue weighted by Crippen LogP contribution is -2.37. The molecular weight excluding hydrogens is 355 g/mol. The van der Waals surface area contributed by atoms with Crippen molar-refractivity contribution in [1.82, 2.24) is 15.8 Å². The molecule has 0 saturated heterocycles. The van der Waals surface area contributed by atoms with Crippen LogP contribution >= 0.6 is 24.0 Å². The van der Waals surface area contributed by atoms with Crippen LogP contribution in [0.5, 0.6) is 0 Å². The molecule has 19 heavy (non-hydrogen) atoms. The number of rotatable bonds is 6. The Bertz CT molecular complexity index is 362. The summed E-state index contributed by atoms with van der Waals surface area (Å²) in [5.74, 6) is 1.81. The highest BCUT2D eigenvalue weighted by atomic mass is 127. The van der Waals surface area contributed by atoms with Crippen LogP contribution in [0.2, 0.25) is 0 Å². The molecular formula is C13H25IN4O. The number of halogens is 1. The van der Waals surface area contributed by atoms with Crippen molar-refractivity contribution in [3.63, 3.8) is 0 Å². The van der Waals surface area contributed by atoms with Gasteiger partial charge in [-0.2, -0.15) is 0 Å². The molecule has 0 bridgehead atoms. The molecule has 0 aliphatic carbocycles. The first-order valence-electron chi connectivity index (χ1n) is 6.63. The second-order valence-corrected chi connectivity index (χ2v) is 4.20. The summed E-state index contributed by atoms with van der Waals surface area (Å²) in [6, 6.07) is 0. The SMILES string of the molecule is CCNC(=NCCCc1c(C)noc1C)NCC.I. The molecule has 0 atom stereocenters. The third-order valence-electron chi connectivity index (χ3n) is 2.72. The van der Waals surface area contributed by atoms with Crippen LogP contribution in [0, 0.1) is 13.8 Å². The van der Waals surface area contributed by atoms with Gasteiger partial charge in [0, 0.05) is 25.2 Å². The minimum absolute atomic E-state index is 0. The summed E-state index contributed by atoms with van der Waals surface area (Å²) < 4.78 is 5.14. The lowest BCUT2D eigenvalue weighted by atomic mass is 10.1. The molecule has 0 unspecified atom stereocenters. The van der Waals surface area contributed by atoms with Crippen LogP contribution in [0.15, 0.2) is 9.52 Å². The zero-order valence-electron chi connectivity index (χ0n) is 12.2. The number of aryl methyl sites for hydroxylation is 2. The summed E-state index contributed by atoms with van der Waals surface area (Å²) in [7, 11) is 0. The Kier molecular flexibility index (Phi) is 9.63. The van der Waals surface area contributed by atoms with Crippen LogP contribution in [0.25, 0.3) is 0 Å². The van der Waals surface area contributed by atoms with Crippen LogP contribution in [-0.4, -0.2) is 30.8 Å². The number of nitrogens with one attached hydrogen (secondary N) is 2. The monoisotopic (exact) mass is 380 g/mol. The lowest BCUT2D eigenvalue weighted by Gasteiger charge is -2.08. The van der Waals surface area contributed by atoms with Crippen LogP contribution < -0.4 is 10.6 Å². The van der Waals surface area contributed by atoms with Crippen molar-refractivity contribution in [2.75, 3.05) is 19.6 Å². The van der Waals surface area contributed by atoms with E-state index < -0.39 is 0 Å². The molecule has 0 saturated carbocycles. The Morgan fingerprint density at radius 3 is 2.32 bits per heavy atom. The van der Waals surface area contributed by atoms with E-state index in [-0.39, 0.29) is 24.0 Å². The first-order chi connectivity index (χ1) is 8.69. The fraction of sp³-hybridized carbons (Fsp3) is 0.692. The maximum Gasteiger partial charge on any atom is 0.191 e. The smallest absolute Gasteiger partial charge is 0.191 e. The molecule has 1 aromatic rings. The number of aromatic nitrogens is 1. The van der Waals surface area contributed by atoms with Crippen molar-refractivity contribution in [3.05, 3.63) is 17.0 Å². The molecule has 2 N–H and O–H groups in total. The van der Waals surface area contributed by atoms with Crippen LogP contribution in [0.1, 0.15) is 37.3 Å². The van der Waals surface area contributed by atoms with Crippen molar-refractivity contribution in [2.45, 2.75) is 40.5 Å². The third kappa shape index (κ3) is 6.26. The highest BCUT2D eigenvalue weighted by Gasteiger charge is 2.07. The van der Waals surface area contributed by atoms with E-state index in [9.17, 15) is 0 Å². The minimum Gasteiger partial charge on any atom is -0.361 e. The molecule has 0 aliphatic rings. The van der Waals surface area contributed by atoms with Crippen molar-refractivity contribution in [2.24, 2.45) is 4.99 Å². The Morgan fingerprint density at radius 1 is 1.21 bits per heavy atom. The Labute approximate surface area is 132 Å². The Morgan fingerprint density at radius 2 is 1.84 bits per heavy atom. The molecule has 0 amide bonds. The van der Waals surface area contributed by atoms with Crippen LogP contribution in [0.4, 0.5) is 0 Å². The molecule has 1 rings (SSSR count). The van der Waals surface area contributed by atoms with Gasteiger partial charge in [0.1, 0.15) is 5.76 Å². The van der Waals surface area contributed by atoms with Gasteiger partial charge in [-0.3, -0.25) is 4.99 Å². The van der Waals surface area contributed by atoms with Crippen LogP contribution in [-0.2, 0) is 6.42 Å². The molecule has 1 aromatic heterocycles. The van der Waals surface area contributed by atoms with E-state index in [4.69, 9.17) is 4.52 Å². The van der Waals surface area contributed by atoms with Gasteiger partial charge in [0.15, 0.2) is 5.96 Å². The van der Waals surface area contributed by atoms with Gasteiger partial charge in [0.25, 0.3) is 0 Å². The first-order valence-corrected chi connectivity index (χ1v) is 6.63. The predicted octanol–water partition coefficient (Wildman–Crippen LogP) is 2.42. The van der Waals surface area contributed by atoms with E-state index in [1.54, 1.807) is 0 Å². The lowest BCUT2D eigenvalue weighted by molar-refractivity contribution is 0.392. The zero-order chi connectivity index (χ0) is 13.4. The van der Waals surface area contributed by atoms with Gasteiger partial charge in [-0.25, -0.2) is 0 Å². The largest absolute Gasteiger partial charge is 0.361 e. The highest BCUT2D eigenvalue weighted by Crippen LogP contribution is 2.13. The molecule has 0 spiro atoms. The number of hydrogen-bond donors (Lipinski definition) is 2. The van der Waals surface area contributed by atoms with E-state index in [0.717, 1.165) is 49.9 Å². The number of hydrogen-bond acceptors (Lipinski definition) is 3. The van der Waals surface area contributed by atoms with Gasteiger partial charge >= 0.3 is 0 Å². The first kappa shape index (κ1) is 18.2. The highest BCUT2D eigenvalue weighted by molar-refractivity contribution is 14.0. The van der Waals surface area contributed by atoms with Gasteiger partial charge in [0.2, 0.25) is 0 Å². The van der Waals surface area contributed by atoms with Gasteiger partial charge in [-0.15, -0.1) is 24.0 Å². The maximum absolute atomic E-state index is 5.14. The summed E-state index contributed by atoms with van der Waals surface area (Å²) >= 11 is 0. The van der Waals surface area contributed by atoms with E-state index in [1.807, 2.05) is 13.8 Å². The van der Waals surface area contributed by atoms with Crippen molar-refractivity contribution in [3.8, 4) is 0 Å². The number of aliphatic imine (C=N–C) groups is 1. The number of nitrogens with zero attached hydrogens (tertiary/aromatic N) is 2. The quantitative estimate of drug-likeness (QED) is 0.344. The van der Waals surface area contributed by atoms with E-state index in [2.05, 4.69) is 34.6 Å². The van der Waals surface area contributed by atoms with Gasteiger partial charge < -0.3 is 15.2 Å². The second-order valence-electron chi connectivity index (χ2n) is 4.20. The van der Waals surface area contributed by atoms with E-state index in [0.29, 0.717) is 0 Å². The predicted molar refractivity (Wildman–Crippen MR) is 89.4 cm³/mol. The van der Waals surface area contributed by atoms with Gasteiger partial charge in [-0.1, -0.05) is 5.16 Å². The second kappa shape index (κ2) is 10.1. The standard InChI is InChI=1S/C13H24N4O.HI/c1-5-14-13(15-6-2)16-9-7-8-12-10(3)17-18-11(12)4;/h5-9H2,1-4H3,(H2,14,15,16);1H. The van der Waals surface area contributed by atoms with Crippen molar-refractivity contribution < 1.29 is 4.52 Å². The molecule has 0 aliphatic heterocycles. The summed E-state index contributed by atoms with van der Waals surface area (Å²) in [6.45, 7) is 10.7. The summed E-state index contributed by atoms with van der Waals surface area (Å²) in [5.41, 5.74) is 2.22. The zero-order valence-corrected chi connectivity index (χ0v) is 14.6. The molecule has 6 heteroatoms. The fourth-order valence-electron chi connectivity index (χ4n) is 1.81. The Hall–Kier alpha value is -0.790. The molecule has 0 radical (unpaired) electrons. The number of guanidine groups is 1. The topological polar surface area (TPSA) is 62.5 Å². The molecule has 1 heterocycles. The van der Waals surface area contributed by atoms with Crippen LogP contribution in [0.3, 0.4) is 0 Å². The average molecular weight is 380 g/mol. The van der Waals surface area contributed by atoms with Crippen molar-refractivity contribution in [1.29, 1.82) is 0 Å². The maximum atomic E-state index is 5.14. The third-order valence-corrected chi connectivity index (χ3v) is 2.72. The molecule has 110 valence electrons. The summed E-state index contributed by atoms with van der Waals surface area (Å²) in [6.07, 6.45) is 1.97. The molecule has 0 fully saturated rings. The van der Waals surface area contributed by atoms with E-state index >= 15 is 0 Å². The average Bonchev–Trinajstić information content (AvgIpc) is 2.66. The van der Waals surface area contributed by atoms with Gasteiger partial charge in [-0.05, 0) is 40.5 Å². The normalized spacial score (nSPS) is 9.68. The van der Waals surface area contributed by atoms with E-state index in [1.165, 1.54) is 5.56 Å².